The first kappa shape index (κ1) is 58.8. The maximum atomic E-state index is 13.5. The fourth-order valence-electron chi connectivity index (χ4n) is 7.17. The van der Waals surface area contributed by atoms with E-state index in [2.05, 4.69) is 42.5 Å². The zero-order valence-corrected chi connectivity index (χ0v) is 43.2. The maximum absolute atomic E-state index is 13.5. The van der Waals surface area contributed by atoms with Crippen LogP contribution in [0.3, 0.4) is 0 Å². The molecule has 2 aliphatic heterocycles. The zero-order valence-electron chi connectivity index (χ0n) is 41.6. The molecule has 25 heteroatoms. The third kappa shape index (κ3) is 18.7. The Hall–Kier alpha value is -3.53. The minimum atomic E-state index is -2.00. The molecule has 0 aromatic heterocycles. The van der Waals surface area contributed by atoms with Crippen molar-refractivity contribution in [1.29, 1.82) is 0 Å². The van der Waals surface area contributed by atoms with Crippen LogP contribution in [0.1, 0.15) is 110 Å². The van der Waals surface area contributed by atoms with E-state index in [1.807, 2.05) is 0 Å². The summed E-state index contributed by atoms with van der Waals surface area (Å²) in [4.78, 5) is 65.8. The van der Waals surface area contributed by atoms with Crippen molar-refractivity contribution in [3.05, 3.63) is 0 Å². The van der Waals surface area contributed by atoms with Crippen LogP contribution in [-0.2, 0) is 42.6 Å². The van der Waals surface area contributed by atoms with Gasteiger partial charge in [-0.2, -0.15) is 0 Å². The minimum absolute atomic E-state index is 0.0448. The Morgan fingerprint density at radius 2 is 0.838 bits per heavy atom. The zero-order chi connectivity index (χ0) is 52.1. The standard InChI is InChI=1S/C43H76BrN5O19/c1-39(2,3)64-34(55)45-18-22-26(51)27(52)24(49-38(59)68-43(13,14)15)32(61-22)62-30-19(46-35(56)65-40(4,5)6)16-20(47-36(57)66-41(7,8)9)31(29(30)54)63-33-28(53)23(25(50)21(17-44)60-33)48-37(58)67-42(10,11)12/h19-33,50-54H,16-18H2,1-15H3,(H,45,55)(H,46,56)(H,47,57)(H,48,58)(H,49,59). The molecule has 1 aliphatic carbocycles. The fraction of sp³-hybridized carbons (Fsp3) is 0.884. The van der Waals surface area contributed by atoms with Gasteiger partial charge < -0.3 is 94.7 Å². The summed E-state index contributed by atoms with van der Waals surface area (Å²) in [5, 5.41) is 70.9. The summed E-state index contributed by atoms with van der Waals surface area (Å²) in [6.07, 6.45) is -24.0. The van der Waals surface area contributed by atoms with Gasteiger partial charge in [-0.05, 0) is 110 Å². The molecule has 15 unspecified atom stereocenters. The first-order chi connectivity index (χ1) is 30.9. The molecule has 0 bridgehead atoms. The summed E-state index contributed by atoms with van der Waals surface area (Å²) in [5.41, 5.74) is -4.97. The van der Waals surface area contributed by atoms with Crippen molar-refractivity contribution in [3.8, 4) is 0 Å². The molecular formula is C43H76BrN5O19. The molecule has 2 saturated heterocycles. The second-order valence-corrected chi connectivity index (χ2v) is 22.5. The van der Waals surface area contributed by atoms with Gasteiger partial charge in [-0.3, -0.25) is 0 Å². The molecule has 0 spiro atoms. The summed E-state index contributed by atoms with van der Waals surface area (Å²) in [7, 11) is 0. The molecule has 394 valence electrons. The van der Waals surface area contributed by atoms with Crippen molar-refractivity contribution >= 4 is 46.4 Å². The Kier molecular flexibility index (Phi) is 20.0. The molecule has 24 nitrogen and oxygen atoms in total. The Labute approximate surface area is 405 Å². The lowest BCUT2D eigenvalue weighted by Crippen LogP contribution is -2.71. The van der Waals surface area contributed by atoms with Crippen LogP contribution in [0, 0.1) is 0 Å². The number of alkyl halides is 1. The van der Waals surface area contributed by atoms with Crippen molar-refractivity contribution in [1.82, 2.24) is 26.6 Å². The molecule has 3 rings (SSSR count). The quantitative estimate of drug-likeness (QED) is 0.104. The van der Waals surface area contributed by atoms with Gasteiger partial charge in [0.05, 0.1) is 24.2 Å². The van der Waals surface area contributed by atoms with Crippen LogP contribution < -0.4 is 26.6 Å². The number of carbonyl (C=O) groups is 5. The van der Waals surface area contributed by atoms with Gasteiger partial charge in [0.15, 0.2) is 12.6 Å². The SMILES string of the molecule is CC(C)(C)OC(=O)NCC1OC(OC2C(NC(=O)OC(C)(C)C)CC(NC(=O)OC(C)(C)C)C(OC3OC(CBr)C(O)C(NC(=O)OC(C)(C)C)C3O)C2O)C(NC(=O)OC(C)(C)C)C(O)C1O. The maximum Gasteiger partial charge on any atom is 0.408 e. The number of hydrogen-bond donors (Lipinski definition) is 10. The highest BCUT2D eigenvalue weighted by Gasteiger charge is 2.55. The molecule has 0 aromatic carbocycles. The number of halogens is 1. The Balaban J connectivity index is 2.17. The van der Waals surface area contributed by atoms with E-state index in [0.717, 1.165) is 0 Å². The topological polar surface area (TPSA) is 330 Å². The number of aliphatic hydroxyl groups is 5. The van der Waals surface area contributed by atoms with Crippen LogP contribution in [0.5, 0.6) is 0 Å². The molecule has 3 fully saturated rings. The number of rotatable bonds is 11. The van der Waals surface area contributed by atoms with E-state index >= 15 is 0 Å². The lowest BCUT2D eigenvalue weighted by Gasteiger charge is -2.50. The van der Waals surface area contributed by atoms with Gasteiger partial charge in [-0.25, -0.2) is 24.0 Å². The summed E-state index contributed by atoms with van der Waals surface area (Å²) in [6.45, 7) is 23.6. The predicted octanol–water partition coefficient (Wildman–Crippen LogP) is 1.91. The Morgan fingerprint density at radius 3 is 1.25 bits per heavy atom. The predicted molar refractivity (Wildman–Crippen MR) is 242 cm³/mol. The second kappa shape index (κ2) is 23.1. The van der Waals surface area contributed by atoms with E-state index < -0.39 is 157 Å². The van der Waals surface area contributed by atoms with Crippen LogP contribution in [0.25, 0.3) is 0 Å². The molecule has 5 amide bonds. The van der Waals surface area contributed by atoms with E-state index in [9.17, 15) is 49.5 Å². The van der Waals surface area contributed by atoms with Gasteiger partial charge in [0.1, 0.15) is 82.9 Å². The minimum Gasteiger partial charge on any atom is -0.444 e. The number of amides is 5. The van der Waals surface area contributed by atoms with E-state index in [0.29, 0.717) is 0 Å². The number of ether oxygens (including phenoxy) is 9. The molecule has 0 radical (unpaired) electrons. The number of alkyl carbamates (subject to hydrolysis) is 5. The average Bonchev–Trinajstić information content (AvgIpc) is 3.12. The largest absolute Gasteiger partial charge is 0.444 e. The molecule has 0 aromatic rings. The van der Waals surface area contributed by atoms with Crippen molar-refractivity contribution in [2.45, 2.75) is 230 Å². The average molecular weight is 1050 g/mol. The Bertz CT molecular complexity index is 1710. The first-order valence-electron chi connectivity index (χ1n) is 22.4. The molecule has 2 heterocycles. The summed E-state index contributed by atoms with van der Waals surface area (Å²) < 4.78 is 52.0. The van der Waals surface area contributed by atoms with Gasteiger partial charge >= 0.3 is 30.5 Å². The summed E-state index contributed by atoms with van der Waals surface area (Å²) in [5.74, 6) is 0. The highest BCUT2D eigenvalue weighted by atomic mass is 79.9. The summed E-state index contributed by atoms with van der Waals surface area (Å²) in [6, 6.07) is -5.84. The van der Waals surface area contributed by atoms with Crippen molar-refractivity contribution in [2.24, 2.45) is 0 Å². The van der Waals surface area contributed by atoms with Crippen LogP contribution in [0.2, 0.25) is 0 Å². The van der Waals surface area contributed by atoms with Crippen LogP contribution in [0.15, 0.2) is 0 Å². The van der Waals surface area contributed by atoms with Gasteiger partial charge in [0.25, 0.3) is 0 Å². The normalized spacial score (nSPS) is 32.7. The molecule has 68 heavy (non-hydrogen) atoms. The van der Waals surface area contributed by atoms with Gasteiger partial charge in [0.2, 0.25) is 0 Å². The molecular weight excluding hydrogens is 970 g/mol. The van der Waals surface area contributed by atoms with Crippen molar-refractivity contribution in [3.63, 3.8) is 0 Å². The number of carbonyl (C=O) groups excluding carboxylic acids is 5. The Morgan fingerprint density at radius 1 is 0.471 bits per heavy atom. The van der Waals surface area contributed by atoms with Crippen LogP contribution in [-0.4, -0.2) is 188 Å². The van der Waals surface area contributed by atoms with Crippen molar-refractivity contribution in [2.75, 3.05) is 11.9 Å². The lowest BCUT2D eigenvalue weighted by atomic mass is 9.83. The smallest absolute Gasteiger partial charge is 0.408 e. The number of hydrogen-bond acceptors (Lipinski definition) is 19. The fourth-order valence-corrected chi connectivity index (χ4v) is 7.70. The molecule has 10 N–H and O–H groups in total. The van der Waals surface area contributed by atoms with Gasteiger partial charge in [-0.1, -0.05) is 15.9 Å². The number of nitrogens with one attached hydrogen (secondary N) is 5. The van der Waals surface area contributed by atoms with E-state index in [4.69, 9.17) is 42.6 Å². The lowest BCUT2D eigenvalue weighted by molar-refractivity contribution is -0.318. The second-order valence-electron chi connectivity index (χ2n) is 21.9. The van der Waals surface area contributed by atoms with Gasteiger partial charge in [0, 0.05) is 11.9 Å². The van der Waals surface area contributed by atoms with Crippen molar-refractivity contribution < 1.29 is 92.1 Å². The van der Waals surface area contributed by atoms with E-state index in [1.165, 1.54) is 0 Å². The monoisotopic (exact) mass is 1050 g/mol. The molecule has 3 aliphatic rings. The molecule has 1 saturated carbocycles. The van der Waals surface area contributed by atoms with E-state index in [-0.39, 0.29) is 11.8 Å². The highest BCUT2D eigenvalue weighted by molar-refractivity contribution is 9.09. The van der Waals surface area contributed by atoms with E-state index in [1.54, 1.807) is 104 Å². The highest BCUT2D eigenvalue weighted by Crippen LogP contribution is 2.34. The van der Waals surface area contributed by atoms with Crippen LogP contribution in [0.4, 0.5) is 24.0 Å². The van der Waals surface area contributed by atoms with Gasteiger partial charge in [-0.15, -0.1) is 0 Å². The third-order valence-electron chi connectivity index (χ3n) is 9.73. The van der Waals surface area contributed by atoms with Crippen LogP contribution >= 0.6 is 15.9 Å². The first-order valence-corrected chi connectivity index (χ1v) is 23.5. The number of aliphatic hydroxyl groups excluding tert-OH is 5. The summed E-state index contributed by atoms with van der Waals surface area (Å²) >= 11 is 3.27. The molecule has 15 atom stereocenters. The third-order valence-corrected chi connectivity index (χ3v) is 10.4.